The van der Waals surface area contributed by atoms with E-state index in [1.165, 1.54) is 18.2 Å². The van der Waals surface area contributed by atoms with Crippen LogP contribution < -0.4 is 0 Å². The molecule has 0 saturated carbocycles. The highest BCUT2D eigenvalue weighted by Crippen LogP contribution is 2.15. The monoisotopic (exact) mass is 214 g/mol. The van der Waals surface area contributed by atoms with Gasteiger partial charge in [-0.2, -0.15) is 5.26 Å². The molecule has 0 bridgehead atoms. The van der Waals surface area contributed by atoms with Crippen LogP contribution in [-0.4, -0.2) is 8.76 Å². The van der Waals surface area contributed by atoms with E-state index in [9.17, 15) is 8.76 Å². The highest BCUT2D eigenvalue weighted by molar-refractivity contribution is 7.78. The molecule has 0 N–H and O–H groups in total. The fourth-order valence-electron chi connectivity index (χ4n) is 0.934. The smallest absolute Gasteiger partial charge is 0.0992 e. The van der Waals surface area contributed by atoms with E-state index in [1.54, 1.807) is 0 Å². The Kier molecular flexibility index (Phi) is 3.43. The van der Waals surface area contributed by atoms with Gasteiger partial charge in [-0.3, -0.25) is 4.21 Å². The summed E-state index contributed by atoms with van der Waals surface area (Å²) in [6, 6.07) is 6.41. The zero-order chi connectivity index (χ0) is 9.84. The number of halogens is 1. The first kappa shape index (κ1) is 10.2. The maximum absolute atomic E-state index is 10.4. The molecule has 5 heteroatoms. The molecule has 1 unspecified atom stereocenters. The Morgan fingerprint density at radius 2 is 2.23 bits per heavy atom. The van der Waals surface area contributed by atoms with E-state index >= 15 is 0 Å². The Balaban J connectivity index is 3.03. The van der Waals surface area contributed by atoms with E-state index in [1.807, 2.05) is 6.07 Å². The number of hydrogen-bond donors (Lipinski definition) is 0. The van der Waals surface area contributed by atoms with Gasteiger partial charge in [0.2, 0.25) is 0 Å². The summed E-state index contributed by atoms with van der Waals surface area (Å²) in [5.74, 6) is -0.116. The minimum atomic E-state index is -2.15. The van der Waals surface area contributed by atoms with Gasteiger partial charge in [-0.25, -0.2) is 0 Å². The molecule has 68 valence electrons. The molecule has 0 spiro atoms. The lowest BCUT2D eigenvalue weighted by Gasteiger charge is -2.05. The van der Waals surface area contributed by atoms with E-state index in [0.29, 0.717) is 16.1 Å². The van der Waals surface area contributed by atoms with Crippen LogP contribution in [0.2, 0.25) is 5.02 Å². The van der Waals surface area contributed by atoms with E-state index in [4.69, 9.17) is 16.9 Å². The molecule has 0 amide bonds. The van der Waals surface area contributed by atoms with Crippen molar-refractivity contribution in [2.75, 3.05) is 0 Å². The molecule has 0 fully saturated rings. The van der Waals surface area contributed by atoms with Crippen LogP contribution in [0.1, 0.15) is 11.1 Å². The summed E-state index contributed by atoms with van der Waals surface area (Å²) >= 11 is 3.51. The molecule has 1 aromatic carbocycles. The third-order valence-corrected chi connectivity index (χ3v) is 2.16. The largest absolute Gasteiger partial charge is 0.772 e. The Hall–Kier alpha value is -0.890. The van der Waals surface area contributed by atoms with Crippen molar-refractivity contribution in [3.8, 4) is 6.07 Å². The van der Waals surface area contributed by atoms with E-state index in [-0.39, 0.29) is 5.75 Å². The van der Waals surface area contributed by atoms with Crippen molar-refractivity contribution in [3.63, 3.8) is 0 Å². The normalized spacial score (nSPS) is 12.1. The summed E-state index contributed by atoms with van der Waals surface area (Å²) in [5.41, 5.74) is 0.894. The van der Waals surface area contributed by atoms with Gasteiger partial charge >= 0.3 is 0 Å². The Bertz CT molecular complexity index is 386. The zero-order valence-electron chi connectivity index (χ0n) is 6.49. The van der Waals surface area contributed by atoms with E-state index in [2.05, 4.69) is 0 Å². The molecule has 0 aliphatic rings. The van der Waals surface area contributed by atoms with Crippen molar-refractivity contribution in [2.45, 2.75) is 5.75 Å². The Labute approximate surface area is 83.2 Å². The van der Waals surface area contributed by atoms with Gasteiger partial charge in [0.15, 0.2) is 0 Å². The summed E-state index contributed by atoms with van der Waals surface area (Å²) in [6.45, 7) is 0. The molecule has 3 nitrogen and oxygen atoms in total. The fraction of sp³-hybridized carbons (Fsp3) is 0.125. The first-order chi connectivity index (χ1) is 6.11. The van der Waals surface area contributed by atoms with Gasteiger partial charge in [-0.15, -0.1) is 0 Å². The zero-order valence-corrected chi connectivity index (χ0v) is 8.06. The van der Waals surface area contributed by atoms with Gasteiger partial charge < -0.3 is 4.55 Å². The molecular formula is C8H5ClNO2S-. The topological polar surface area (TPSA) is 63.9 Å². The number of benzene rings is 1. The van der Waals surface area contributed by atoms with Gasteiger partial charge in [-0.05, 0) is 23.8 Å². The van der Waals surface area contributed by atoms with Crippen molar-refractivity contribution < 1.29 is 8.76 Å². The van der Waals surface area contributed by atoms with Crippen LogP contribution >= 0.6 is 11.6 Å². The van der Waals surface area contributed by atoms with Crippen molar-refractivity contribution in [1.82, 2.24) is 0 Å². The van der Waals surface area contributed by atoms with Gasteiger partial charge in [0, 0.05) is 10.8 Å². The van der Waals surface area contributed by atoms with Crippen LogP contribution in [0, 0.1) is 11.3 Å². The predicted octanol–water partition coefficient (Wildman–Crippen LogP) is 1.59. The molecule has 0 aliphatic carbocycles. The predicted molar refractivity (Wildman–Crippen MR) is 48.8 cm³/mol. The summed E-state index contributed by atoms with van der Waals surface area (Å²) in [6.07, 6.45) is 0. The standard InChI is InChI=1S/C8H6ClNO2S/c9-8-2-6(4-10)1-7(3-8)5-13(11)12/h1-3H,5H2,(H,11,12)/p-1. The van der Waals surface area contributed by atoms with Crippen LogP contribution in [-0.2, 0) is 16.8 Å². The highest BCUT2D eigenvalue weighted by atomic mass is 35.5. The first-order valence-corrected chi connectivity index (χ1v) is 4.99. The molecule has 0 heterocycles. The van der Waals surface area contributed by atoms with Gasteiger partial charge in [-0.1, -0.05) is 22.7 Å². The molecule has 0 saturated heterocycles. The molecule has 1 aromatic rings. The van der Waals surface area contributed by atoms with Crippen LogP contribution in [0.5, 0.6) is 0 Å². The average molecular weight is 215 g/mol. The third kappa shape index (κ3) is 3.15. The second kappa shape index (κ2) is 4.38. The maximum atomic E-state index is 10.4. The molecule has 0 aliphatic heterocycles. The number of nitrogens with zero attached hydrogens (tertiary/aromatic N) is 1. The van der Waals surface area contributed by atoms with Crippen molar-refractivity contribution in [3.05, 3.63) is 34.3 Å². The second-order valence-electron chi connectivity index (χ2n) is 2.41. The summed E-state index contributed by atoms with van der Waals surface area (Å²) < 4.78 is 20.7. The maximum Gasteiger partial charge on any atom is 0.0992 e. The Morgan fingerprint density at radius 1 is 1.54 bits per heavy atom. The fourth-order valence-corrected chi connectivity index (χ4v) is 1.63. The van der Waals surface area contributed by atoms with E-state index in [0.717, 1.165) is 0 Å². The van der Waals surface area contributed by atoms with Gasteiger partial charge in [0.25, 0.3) is 0 Å². The first-order valence-electron chi connectivity index (χ1n) is 3.37. The van der Waals surface area contributed by atoms with Crippen LogP contribution in [0.15, 0.2) is 18.2 Å². The lowest BCUT2D eigenvalue weighted by molar-refractivity contribution is 0.536. The lowest BCUT2D eigenvalue weighted by atomic mass is 10.1. The SMILES string of the molecule is N#Cc1cc(Cl)cc(CS(=O)[O-])c1. The Morgan fingerprint density at radius 3 is 2.77 bits per heavy atom. The molecule has 0 radical (unpaired) electrons. The molecule has 13 heavy (non-hydrogen) atoms. The molecule has 1 rings (SSSR count). The lowest BCUT2D eigenvalue weighted by Crippen LogP contribution is -1.93. The van der Waals surface area contributed by atoms with Gasteiger partial charge in [0.05, 0.1) is 11.6 Å². The van der Waals surface area contributed by atoms with Crippen LogP contribution in [0.4, 0.5) is 0 Å². The third-order valence-electron chi connectivity index (χ3n) is 1.37. The van der Waals surface area contributed by atoms with Crippen molar-refractivity contribution >= 4 is 22.7 Å². The van der Waals surface area contributed by atoms with Crippen LogP contribution in [0.25, 0.3) is 0 Å². The summed E-state index contributed by atoms with van der Waals surface area (Å²) in [7, 11) is 0. The van der Waals surface area contributed by atoms with Crippen molar-refractivity contribution in [2.24, 2.45) is 0 Å². The molecule has 0 aromatic heterocycles. The molecular weight excluding hydrogens is 210 g/mol. The van der Waals surface area contributed by atoms with Crippen molar-refractivity contribution in [1.29, 1.82) is 5.26 Å². The average Bonchev–Trinajstić information content (AvgIpc) is 2.01. The number of rotatable bonds is 2. The highest BCUT2D eigenvalue weighted by Gasteiger charge is 1.98. The molecule has 1 atom stereocenters. The van der Waals surface area contributed by atoms with Crippen LogP contribution in [0.3, 0.4) is 0 Å². The minimum absolute atomic E-state index is 0.116. The summed E-state index contributed by atoms with van der Waals surface area (Å²) in [4.78, 5) is 0. The van der Waals surface area contributed by atoms with E-state index < -0.39 is 11.1 Å². The summed E-state index contributed by atoms with van der Waals surface area (Å²) in [5, 5.41) is 8.93. The quantitative estimate of drug-likeness (QED) is 0.703. The number of nitriles is 1. The minimum Gasteiger partial charge on any atom is -0.772 e. The van der Waals surface area contributed by atoms with Gasteiger partial charge in [0.1, 0.15) is 0 Å². The second-order valence-corrected chi connectivity index (χ2v) is 3.74. The number of hydrogen-bond acceptors (Lipinski definition) is 3.